The number of fused-ring (bicyclic) bond motifs is 3. The van der Waals surface area contributed by atoms with Crippen LogP contribution in [-0.4, -0.2) is 17.5 Å². The first-order valence-corrected chi connectivity index (χ1v) is 6.23. The molecule has 88 valence electrons. The molecule has 0 aromatic carbocycles. The highest BCUT2D eigenvalue weighted by molar-refractivity contribution is 6.07. The molecule has 3 amide bonds. The molecule has 2 N–H and O–H groups in total. The Morgan fingerprint density at radius 1 is 1.19 bits per heavy atom. The lowest BCUT2D eigenvalue weighted by molar-refractivity contribution is -0.127. The molecular formula is C12H18N2O2. The van der Waals surface area contributed by atoms with Gasteiger partial charge in [0.05, 0.1) is 0 Å². The van der Waals surface area contributed by atoms with E-state index in [1.54, 1.807) is 0 Å². The van der Waals surface area contributed by atoms with Crippen LogP contribution in [0.1, 0.15) is 39.0 Å². The number of urea groups is 1. The molecule has 2 bridgehead atoms. The SMILES string of the molecule is CC1(C2CC3CCC2CC3)NC(=O)NC1=O. The van der Waals surface area contributed by atoms with E-state index in [1.165, 1.54) is 25.7 Å². The van der Waals surface area contributed by atoms with Gasteiger partial charge in [-0.2, -0.15) is 0 Å². The Morgan fingerprint density at radius 2 is 1.88 bits per heavy atom. The molecule has 0 aromatic rings. The van der Waals surface area contributed by atoms with Gasteiger partial charge in [-0.05, 0) is 43.9 Å². The van der Waals surface area contributed by atoms with Crippen molar-refractivity contribution in [2.75, 3.05) is 0 Å². The van der Waals surface area contributed by atoms with Crippen LogP contribution in [0.15, 0.2) is 0 Å². The van der Waals surface area contributed by atoms with Crippen LogP contribution < -0.4 is 10.6 Å². The van der Waals surface area contributed by atoms with Crippen molar-refractivity contribution in [1.82, 2.24) is 10.6 Å². The fourth-order valence-electron chi connectivity index (χ4n) is 3.90. The molecule has 4 rings (SSSR count). The van der Waals surface area contributed by atoms with Crippen LogP contribution in [0.5, 0.6) is 0 Å². The molecule has 3 aliphatic carbocycles. The summed E-state index contributed by atoms with van der Waals surface area (Å²) in [6, 6.07) is -0.325. The maximum Gasteiger partial charge on any atom is 0.322 e. The minimum Gasteiger partial charge on any atom is -0.323 e. The molecule has 1 saturated heterocycles. The summed E-state index contributed by atoms with van der Waals surface area (Å²) in [5, 5.41) is 5.21. The zero-order chi connectivity index (χ0) is 11.3. The Labute approximate surface area is 95.2 Å². The van der Waals surface area contributed by atoms with Crippen molar-refractivity contribution in [3.8, 4) is 0 Å². The molecule has 2 unspecified atom stereocenters. The Bertz CT molecular complexity index is 347. The van der Waals surface area contributed by atoms with E-state index in [4.69, 9.17) is 0 Å². The largest absolute Gasteiger partial charge is 0.323 e. The lowest BCUT2D eigenvalue weighted by Gasteiger charge is -2.47. The van der Waals surface area contributed by atoms with Crippen LogP contribution in [0, 0.1) is 17.8 Å². The van der Waals surface area contributed by atoms with Crippen LogP contribution in [0.2, 0.25) is 0 Å². The third-order valence-electron chi connectivity index (χ3n) is 4.86. The van der Waals surface area contributed by atoms with Gasteiger partial charge in [-0.15, -0.1) is 0 Å². The molecule has 4 fully saturated rings. The summed E-state index contributed by atoms with van der Waals surface area (Å²) in [7, 11) is 0. The van der Waals surface area contributed by atoms with Gasteiger partial charge < -0.3 is 5.32 Å². The summed E-state index contributed by atoms with van der Waals surface area (Å²) in [4.78, 5) is 23.2. The molecule has 0 spiro atoms. The van der Waals surface area contributed by atoms with Crippen molar-refractivity contribution in [1.29, 1.82) is 0 Å². The van der Waals surface area contributed by atoms with Gasteiger partial charge in [-0.3, -0.25) is 10.1 Å². The third kappa shape index (κ3) is 1.28. The zero-order valence-electron chi connectivity index (χ0n) is 9.58. The highest BCUT2D eigenvalue weighted by Crippen LogP contribution is 2.49. The summed E-state index contributed by atoms with van der Waals surface area (Å²) >= 11 is 0. The Hall–Kier alpha value is -1.06. The normalized spacial score (nSPS) is 46.7. The van der Waals surface area contributed by atoms with E-state index in [0.29, 0.717) is 11.8 Å². The van der Waals surface area contributed by atoms with E-state index < -0.39 is 5.54 Å². The predicted octanol–water partition coefficient (Wildman–Crippen LogP) is 1.41. The molecule has 1 aliphatic heterocycles. The summed E-state index contributed by atoms with van der Waals surface area (Å²) in [5.41, 5.74) is -0.652. The molecule has 4 heteroatoms. The standard InChI is InChI=1S/C12H18N2O2/c1-12(10(15)13-11(16)14-12)9-6-7-2-4-8(9)5-3-7/h7-9H,2-6H2,1H3,(H2,13,14,15,16). The van der Waals surface area contributed by atoms with Crippen LogP contribution in [0.25, 0.3) is 0 Å². The van der Waals surface area contributed by atoms with Crippen LogP contribution in [0.4, 0.5) is 4.79 Å². The fourth-order valence-corrected chi connectivity index (χ4v) is 3.90. The van der Waals surface area contributed by atoms with Gasteiger partial charge in [0.1, 0.15) is 5.54 Å². The molecule has 1 heterocycles. The lowest BCUT2D eigenvalue weighted by atomic mass is 9.59. The average Bonchev–Trinajstić information content (AvgIpc) is 2.55. The lowest BCUT2D eigenvalue weighted by Crippen LogP contribution is -2.55. The molecule has 4 nitrogen and oxygen atoms in total. The summed E-state index contributed by atoms with van der Waals surface area (Å²) < 4.78 is 0. The quantitative estimate of drug-likeness (QED) is 0.659. The first-order valence-electron chi connectivity index (χ1n) is 6.23. The van der Waals surface area contributed by atoms with E-state index in [2.05, 4.69) is 10.6 Å². The Kier molecular flexibility index (Phi) is 2.03. The van der Waals surface area contributed by atoms with E-state index in [-0.39, 0.29) is 11.9 Å². The third-order valence-corrected chi connectivity index (χ3v) is 4.86. The van der Waals surface area contributed by atoms with Gasteiger partial charge in [0.25, 0.3) is 5.91 Å². The number of hydrogen-bond acceptors (Lipinski definition) is 2. The topological polar surface area (TPSA) is 58.2 Å². The van der Waals surface area contributed by atoms with E-state index in [9.17, 15) is 9.59 Å². The minimum atomic E-state index is -0.652. The number of carbonyl (C=O) groups is 2. The van der Waals surface area contributed by atoms with Gasteiger partial charge in [0, 0.05) is 0 Å². The fraction of sp³-hybridized carbons (Fsp3) is 0.833. The predicted molar refractivity (Wildman–Crippen MR) is 58.6 cm³/mol. The molecule has 4 aliphatic rings. The van der Waals surface area contributed by atoms with Crippen LogP contribution in [-0.2, 0) is 4.79 Å². The van der Waals surface area contributed by atoms with E-state index >= 15 is 0 Å². The van der Waals surface area contributed by atoms with Gasteiger partial charge in [0.2, 0.25) is 0 Å². The van der Waals surface area contributed by atoms with Crippen molar-refractivity contribution in [2.24, 2.45) is 17.8 Å². The van der Waals surface area contributed by atoms with Crippen LogP contribution >= 0.6 is 0 Å². The van der Waals surface area contributed by atoms with Gasteiger partial charge in [0.15, 0.2) is 0 Å². The summed E-state index contributed by atoms with van der Waals surface area (Å²) in [6.45, 7) is 1.89. The molecule has 0 radical (unpaired) electrons. The van der Waals surface area contributed by atoms with Crippen LogP contribution in [0.3, 0.4) is 0 Å². The second-order valence-corrected chi connectivity index (χ2v) is 5.73. The molecule has 3 saturated carbocycles. The molecule has 2 atom stereocenters. The minimum absolute atomic E-state index is 0.130. The molecule has 16 heavy (non-hydrogen) atoms. The molecular weight excluding hydrogens is 204 g/mol. The Morgan fingerprint density at radius 3 is 2.31 bits per heavy atom. The maximum absolute atomic E-state index is 11.9. The van der Waals surface area contributed by atoms with Gasteiger partial charge >= 0.3 is 6.03 Å². The highest BCUT2D eigenvalue weighted by atomic mass is 16.2. The average molecular weight is 222 g/mol. The number of amides is 3. The van der Waals surface area contributed by atoms with Crippen molar-refractivity contribution in [3.05, 3.63) is 0 Å². The van der Waals surface area contributed by atoms with Crippen molar-refractivity contribution >= 4 is 11.9 Å². The van der Waals surface area contributed by atoms with E-state index in [0.717, 1.165) is 12.3 Å². The van der Waals surface area contributed by atoms with Gasteiger partial charge in [-0.25, -0.2) is 4.79 Å². The van der Waals surface area contributed by atoms with E-state index in [1.807, 2.05) is 6.92 Å². The second-order valence-electron chi connectivity index (χ2n) is 5.73. The first-order chi connectivity index (χ1) is 7.59. The monoisotopic (exact) mass is 222 g/mol. The van der Waals surface area contributed by atoms with Gasteiger partial charge in [-0.1, -0.05) is 12.8 Å². The second kappa shape index (κ2) is 3.22. The highest BCUT2D eigenvalue weighted by Gasteiger charge is 2.53. The Balaban J connectivity index is 1.87. The number of rotatable bonds is 1. The number of imide groups is 1. The summed E-state index contributed by atoms with van der Waals surface area (Å²) in [5.74, 6) is 1.61. The summed E-state index contributed by atoms with van der Waals surface area (Å²) in [6.07, 6.45) is 6.19. The smallest absolute Gasteiger partial charge is 0.322 e. The van der Waals surface area contributed by atoms with Crippen molar-refractivity contribution < 1.29 is 9.59 Å². The number of carbonyl (C=O) groups excluding carboxylic acids is 2. The van der Waals surface area contributed by atoms with Crippen molar-refractivity contribution in [2.45, 2.75) is 44.6 Å². The van der Waals surface area contributed by atoms with Crippen molar-refractivity contribution in [3.63, 3.8) is 0 Å². The molecule has 0 aromatic heterocycles. The maximum atomic E-state index is 11.9. The number of nitrogens with one attached hydrogen (secondary N) is 2. The number of hydrogen-bond donors (Lipinski definition) is 2. The zero-order valence-corrected chi connectivity index (χ0v) is 9.58. The first kappa shape index (κ1) is 10.1.